The van der Waals surface area contributed by atoms with Crippen LogP contribution in [0.1, 0.15) is 0 Å². The summed E-state index contributed by atoms with van der Waals surface area (Å²) in [6.07, 6.45) is 0. The molecule has 0 unspecified atom stereocenters. The number of rotatable bonds is 4. The van der Waals surface area contributed by atoms with Crippen LogP contribution in [0.3, 0.4) is 0 Å². The van der Waals surface area contributed by atoms with Crippen LogP contribution < -0.4 is 0 Å². The molecule has 0 saturated heterocycles. The molecule has 256 valence electrons. The van der Waals surface area contributed by atoms with Gasteiger partial charge in [0, 0.05) is 38.2 Å². The average Bonchev–Trinajstić information content (AvgIpc) is 3.95. The molecule has 0 atom stereocenters. The Bertz CT molecular complexity index is 3420. The van der Waals surface area contributed by atoms with Gasteiger partial charge in [0.2, 0.25) is 0 Å². The van der Waals surface area contributed by atoms with Gasteiger partial charge in [0.15, 0.2) is 11.2 Å². The minimum absolute atomic E-state index is 0.771. The van der Waals surface area contributed by atoms with Crippen molar-refractivity contribution in [3.8, 4) is 39.3 Å². The molecule has 0 N–H and O–H groups in total. The SMILES string of the molecule is c1ccc(-c2cc3ccc4c(oc5cccc(-c6c7ccccc7c(-c7ccc8c(c7)c7ccccc7n8-c7ccccc7)c7ccccc67)c54)c3o2)cc1. The number of hydrogen-bond acceptors (Lipinski definition) is 2. The number of aromatic nitrogens is 1. The predicted molar refractivity (Wildman–Crippen MR) is 229 cm³/mol. The first-order valence-corrected chi connectivity index (χ1v) is 18.8. The van der Waals surface area contributed by atoms with E-state index in [0.717, 1.165) is 55.5 Å². The lowest BCUT2D eigenvalue weighted by Crippen LogP contribution is -1.93. The highest BCUT2D eigenvalue weighted by Gasteiger charge is 2.23. The summed E-state index contributed by atoms with van der Waals surface area (Å²) in [6.45, 7) is 0. The second-order valence-electron chi connectivity index (χ2n) is 14.4. The molecule has 0 radical (unpaired) electrons. The molecule has 0 amide bonds. The number of furan rings is 2. The van der Waals surface area contributed by atoms with Crippen LogP contribution in [0.5, 0.6) is 0 Å². The zero-order valence-electron chi connectivity index (χ0n) is 29.7. The van der Waals surface area contributed by atoms with Gasteiger partial charge in [-0.1, -0.05) is 140 Å². The Morgan fingerprint density at radius 3 is 1.75 bits per heavy atom. The number of para-hydroxylation sites is 2. The van der Waals surface area contributed by atoms with Crippen LogP contribution in [0.15, 0.2) is 197 Å². The molecule has 3 aromatic heterocycles. The summed E-state index contributed by atoms with van der Waals surface area (Å²) in [6, 6.07) is 67.3. The zero-order valence-corrected chi connectivity index (χ0v) is 29.7. The third-order valence-corrected chi connectivity index (χ3v) is 11.4. The first-order chi connectivity index (χ1) is 27.3. The van der Waals surface area contributed by atoms with Crippen molar-refractivity contribution in [3.63, 3.8) is 0 Å². The van der Waals surface area contributed by atoms with Crippen LogP contribution >= 0.6 is 0 Å². The van der Waals surface area contributed by atoms with Gasteiger partial charge in [0.05, 0.1) is 11.0 Å². The molecule has 0 aliphatic rings. The van der Waals surface area contributed by atoms with E-state index < -0.39 is 0 Å². The first-order valence-electron chi connectivity index (χ1n) is 18.8. The van der Waals surface area contributed by atoms with Gasteiger partial charge in [-0.3, -0.25) is 0 Å². The minimum Gasteiger partial charge on any atom is -0.452 e. The molecule has 3 heterocycles. The van der Waals surface area contributed by atoms with Gasteiger partial charge in [-0.2, -0.15) is 0 Å². The second kappa shape index (κ2) is 11.6. The predicted octanol–water partition coefficient (Wildman–Crippen LogP) is 14.7. The van der Waals surface area contributed by atoms with Gasteiger partial charge >= 0.3 is 0 Å². The van der Waals surface area contributed by atoms with Gasteiger partial charge < -0.3 is 13.4 Å². The average molecular weight is 702 g/mol. The third-order valence-electron chi connectivity index (χ3n) is 11.4. The third kappa shape index (κ3) is 4.38. The van der Waals surface area contributed by atoms with E-state index in [4.69, 9.17) is 8.83 Å². The summed E-state index contributed by atoms with van der Waals surface area (Å²) >= 11 is 0. The fourth-order valence-electron chi connectivity index (χ4n) is 9.05. The van der Waals surface area contributed by atoms with Crippen LogP contribution in [0.2, 0.25) is 0 Å². The Kier molecular flexibility index (Phi) is 6.34. The lowest BCUT2D eigenvalue weighted by molar-refractivity contribution is 0.611. The van der Waals surface area contributed by atoms with Crippen molar-refractivity contribution in [1.29, 1.82) is 0 Å². The van der Waals surface area contributed by atoms with E-state index in [2.05, 4.69) is 174 Å². The van der Waals surface area contributed by atoms with E-state index in [9.17, 15) is 0 Å². The van der Waals surface area contributed by atoms with Gasteiger partial charge in [-0.15, -0.1) is 0 Å². The summed E-state index contributed by atoms with van der Waals surface area (Å²) in [5.41, 5.74) is 11.8. The standard InChI is InChI=1S/C52H31NO2/c1-3-14-32(15-4-1)47-31-34-26-28-42-50-41(23-13-25-46(50)54-52(42)51(34)55-47)49-39-21-9-7-19-37(39)48(38-20-8-10-22-40(38)49)33-27-29-45-43(30-33)36-18-11-12-24-44(36)53(45)35-16-5-2-6-17-35/h1-31H. The zero-order chi connectivity index (χ0) is 36.0. The molecule has 12 rings (SSSR count). The monoisotopic (exact) mass is 701 g/mol. The molecule has 3 nitrogen and oxygen atoms in total. The lowest BCUT2D eigenvalue weighted by Gasteiger charge is -2.18. The smallest absolute Gasteiger partial charge is 0.178 e. The van der Waals surface area contributed by atoms with Gasteiger partial charge in [0.1, 0.15) is 11.3 Å². The molecule has 0 bridgehead atoms. The molecule has 0 spiro atoms. The maximum Gasteiger partial charge on any atom is 0.178 e. The highest BCUT2D eigenvalue weighted by atomic mass is 16.4. The van der Waals surface area contributed by atoms with E-state index in [1.807, 2.05) is 18.2 Å². The van der Waals surface area contributed by atoms with E-state index >= 15 is 0 Å². The maximum atomic E-state index is 6.71. The van der Waals surface area contributed by atoms with E-state index in [0.29, 0.717) is 0 Å². The molecule has 0 aliphatic carbocycles. The van der Waals surface area contributed by atoms with Crippen LogP contribution in [0, 0.1) is 0 Å². The molecule has 9 aromatic carbocycles. The topological polar surface area (TPSA) is 31.2 Å². The highest BCUT2D eigenvalue weighted by Crippen LogP contribution is 2.48. The fourth-order valence-corrected chi connectivity index (χ4v) is 9.05. The number of fused-ring (bicyclic) bond motifs is 10. The second-order valence-corrected chi connectivity index (χ2v) is 14.4. The summed E-state index contributed by atoms with van der Waals surface area (Å²) in [5.74, 6) is 0.833. The summed E-state index contributed by atoms with van der Waals surface area (Å²) in [4.78, 5) is 0. The molecule has 0 fully saturated rings. The Hall–Kier alpha value is -7.36. The molecule has 0 aliphatic heterocycles. The largest absolute Gasteiger partial charge is 0.452 e. The van der Waals surface area contributed by atoms with Crippen molar-refractivity contribution in [3.05, 3.63) is 188 Å². The van der Waals surface area contributed by atoms with Crippen LogP contribution in [-0.4, -0.2) is 4.57 Å². The van der Waals surface area contributed by atoms with Gasteiger partial charge in [-0.25, -0.2) is 0 Å². The van der Waals surface area contributed by atoms with Gasteiger partial charge in [0.25, 0.3) is 0 Å². The first kappa shape index (κ1) is 30.1. The lowest BCUT2D eigenvalue weighted by atomic mass is 9.84. The molecule has 3 heteroatoms. The molecule has 55 heavy (non-hydrogen) atoms. The molecule has 0 saturated carbocycles. The number of nitrogens with zero attached hydrogens (tertiary/aromatic N) is 1. The number of benzene rings is 9. The van der Waals surface area contributed by atoms with Crippen molar-refractivity contribution >= 4 is 76.3 Å². The normalized spacial score (nSPS) is 12.0. The Morgan fingerprint density at radius 1 is 0.364 bits per heavy atom. The molecular formula is C52H31NO2. The van der Waals surface area contributed by atoms with Crippen molar-refractivity contribution in [2.24, 2.45) is 0 Å². The van der Waals surface area contributed by atoms with Crippen LogP contribution in [0.25, 0.3) is 116 Å². The maximum absolute atomic E-state index is 6.71. The quantitative estimate of drug-likeness (QED) is 0.171. The van der Waals surface area contributed by atoms with E-state index in [1.54, 1.807) is 0 Å². The van der Waals surface area contributed by atoms with Crippen LogP contribution in [0.4, 0.5) is 0 Å². The Labute approximate surface area is 315 Å². The van der Waals surface area contributed by atoms with E-state index in [-0.39, 0.29) is 0 Å². The Balaban J connectivity index is 1.12. The minimum atomic E-state index is 0.771. The summed E-state index contributed by atoms with van der Waals surface area (Å²) < 4.78 is 15.6. The fraction of sp³-hybridized carbons (Fsp3) is 0. The Morgan fingerprint density at radius 2 is 1.00 bits per heavy atom. The van der Waals surface area contributed by atoms with Crippen LogP contribution in [-0.2, 0) is 0 Å². The molecule has 12 aromatic rings. The van der Waals surface area contributed by atoms with Crippen molar-refractivity contribution < 1.29 is 8.83 Å². The summed E-state index contributed by atoms with van der Waals surface area (Å²) in [5, 5.41) is 10.5. The van der Waals surface area contributed by atoms with Gasteiger partial charge in [-0.05, 0) is 92.3 Å². The van der Waals surface area contributed by atoms with E-state index in [1.165, 1.54) is 60.0 Å². The van der Waals surface area contributed by atoms with Crippen molar-refractivity contribution in [2.45, 2.75) is 0 Å². The number of hydrogen-bond donors (Lipinski definition) is 0. The van der Waals surface area contributed by atoms with Crippen molar-refractivity contribution in [2.75, 3.05) is 0 Å². The highest BCUT2D eigenvalue weighted by molar-refractivity contribution is 6.27. The van der Waals surface area contributed by atoms with Crippen molar-refractivity contribution in [1.82, 2.24) is 4.57 Å². The molecular weight excluding hydrogens is 671 g/mol. The summed E-state index contributed by atoms with van der Waals surface area (Å²) in [7, 11) is 0.